The van der Waals surface area contributed by atoms with Crippen molar-refractivity contribution in [2.75, 3.05) is 18.6 Å². The molecule has 0 fully saturated rings. The van der Waals surface area contributed by atoms with E-state index < -0.39 is 12.0 Å². The first-order valence-corrected chi connectivity index (χ1v) is 7.99. The zero-order valence-electron chi connectivity index (χ0n) is 11.8. The quantitative estimate of drug-likeness (QED) is 0.558. The Morgan fingerprint density at radius 1 is 1.43 bits per heavy atom. The molecule has 1 rings (SSSR count). The Bertz CT molecular complexity index is 485. The van der Waals surface area contributed by atoms with Gasteiger partial charge in [0, 0.05) is 11.6 Å². The highest BCUT2D eigenvalue weighted by Gasteiger charge is 2.13. The van der Waals surface area contributed by atoms with Gasteiger partial charge < -0.3 is 15.8 Å². The lowest BCUT2D eigenvalue weighted by atomic mass is 10.2. The van der Waals surface area contributed by atoms with Crippen LogP contribution in [0, 0.1) is 0 Å². The number of nitrogens with one attached hydrogen (secondary N) is 1. The summed E-state index contributed by atoms with van der Waals surface area (Å²) < 4.78 is 4.52. The molecule has 5 nitrogen and oxygen atoms in total. The Morgan fingerprint density at radius 3 is 2.81 bits per heavy atom. The summed E-state index contributed by atoms with van der Waals surface area (Å²) >= 11 is 7.42. The largest absolute Gasteiger partial charge is 0.468 e. The van der Waals surface area contributed by atoms with Crippen molar-refractivity contribution >= 4 is 35.2 Å². The van der Waals surface area contributed by atoms with E-state index in [4.69, 9.17) is 17.3 Å². The van der Waals surface area contributed by atoms with E-state index in [0.717, 1.165) is 5.56 Å². The van der Waals surface area contributed by atoms with Gasteiger partial charge in [-0.25, -0.2) is 0 Å². The third-order valence-electron chi connectivity index (χ3n) is 2.74. The lowest BCUT2D eigenvalue weighted by molar-refractivity contribution is -0.142. The third-order valence-corrected chi connectivity index (χ3v) is 4.10. The van der Waals surface area contributed by atoms with E-state index in [0.29, 0.717) is 29.5 Å². The van der Waals surface area contributed by atoms with Gasteiger partial charge in [0.1, 0.15) is 6.04 Å². The second-order valence-electron chi connectivity index (χ2n) is 4.34. The van der Waals surface area contributed by atoms with Crippen LogP contribution in [0.4, 0.5) is 0 Å². The summed E-state index contributed by atoms with van der Waals surface area (Å²) in [7, 11) is 1.30. The van der Waals surface area contributed by atoms with Crippen LogP contribution in [0.3, 0.4) is 0 Å². The fraction of sp³-hybridized carbons (Fsp3) is 0.429. The number of carbonyl (C=O) groups is 2. The van der Waals surface area contributed by atoms with Gasteiger partial charge in [0.25, 0.3) is 0 Å². The summed E-state index contributed by atoms with van der Waals surface area (Å²) in [4.78, 5) is 22.7. The Labute approximate surface area is 133 Å². The van der Waals surface area contributed by atoms with Gasteiger partial charge in [0.15, 0.2) is 0 Å². The molecule has 0 aliphatic carbocycles. The molecule has 0 heterocycles. The summed E-state index contributed by atoms with van der Waals surface area (Å²) in [6.07, 6.45) is 0.481. The smallest absolute Gasteiger partial charge is 0.322 e. The van der Waals surface area contributed by atoms with Gasteiger partial charge in [0.2, 0.25) is 5.91 Å². The maximum absolute atomic E-state index is 11.7. The van der Waals surface area contributed by atoms with Gasteiger partial charge in [-0.3, -0.25) is 9.59 Å². The van der Waals surface area contributed by atoms with Crippen LogP contribution in [0.1, 0.15) is 12.0 Å². The van der Waals surface area contributed by atoms with E-state index in [1.807, 2.05) is 18.2 Å². The number of methoxy groups -OCH3 is 1. The van der Waals surface area contributed by atoms with Gasteiger partial charge in [-0.15, -0.1) is 0 Å². The average molecular weight is 331 g/mol. The number of ether oxygens (including phenoxy) is 1. The molecule has 0 aromatic heterocycles. The molecule has 0 radical (unpaired) electrons. The maximum atomic E-state index is 11.7. The van der Waals surface area contributed by atoms with E-state index >= 15 is 0 Å². The molecule has 0 saturated heterocycles. The molecule has 0 aliphatic heterocycles. The summed E-state index contributed by atoms with van der Waals surface area (Å²) in [6.45, 7) is 0.404. The molecule has 3 N–H and O–H groups in total. The van der Waals surface area contributed by atoms with E-state index in [9.17, 15) is 9.59 Å². The van der Waals surface area contributed by atoms with Crippen molar-refractivity contribution in [3.05, 3.63) is 34.9 Å². The lowest BCUT2D eigenvalue weighted by Gasteiger charge is -2.09. The minimum absolute atomic E-state index is 0.0773. The van der Waals surface area contributed by atoms with Crippen LogP contribution in [0.25, 0.3) is 0 Å². The van der Waals surface area contributed by atoms with E-state index in [1.165, 1.54) is 18.9 Å². The maximum Gasteiger partial charge on any atom is 0.322 e. The molecule has 7 heteroatoms. The first-order valence-electron chi connectivity index (χ1n) is 6.46. The van der Waals surface area contributed by atoms with E-state index in [2.05, 4.69) is 10.1 Å². The van der Waals surface area contributed by atoms with E-state index in [1.54, 1.807) is 6.07 Å². The number of benzene rings is 1. The Kier molecular flexibility index (Phi) is 8.19. The summed E-state index contributed by atoms with van der Waals surface area (Å²) in [5.74, 6) is 0.430. The number of hydrogen-bond donors (Lipinski definition) is 2. The van der Waals surface area contributed by atoms with E-state index in [-0.39, 0.29) is 5.91 Å². The van der Waals surface area contributed by atoms with Crippen molar-refractivity contribution in [3.8, 4) is 0 Å². The molecule has 21 heavy (non-hydrogen) atoms. The average Bonchev–Trinajstić information content (AvgIpc) is 2.49. The Morgan fingerprint density at radius 2 is 2.14 bits per heavy atom. The van der Waals surface area contributed by atoms with Gasteiger partial charge in [-0.05, 0) is 23.8 Å². The fourth-order valence-corrected chi connectivity index (χ4v) is 2.59. The monoisotopic (exact) mass is 330 g/mol. The van der Waals surface area contributed by atoms with Crippen molar-refractivity contribution in [1.82, 2.24) is 5.32 Å². The lowest BCUT2D eigenvalue weighted by Crippen LogP contribution is -2.32. The second-order valence-corrected chi connectivity index (χ2v) is 5.85. The number of rotatable bonds is 8. The number of carbonyl (C=O) groups excluding carboxylic acids is 2. The van der Waals surface area contributed by atoms with Crippen molar-refractivity contribution in [1.29, 1.82) is 0 Å². The summed E-state index contributed by atoms with van der Waals surface area (Å²) in [5, 5.41) is 3.43. The van der Waals surface area contributed by atoms with Crippen LogP contribution >= 0.6 is 23.4 Å². The molecular weight excluding hydrogens is 312 g/mol. The number of hydrogen-bond acceptors (Lipinski definition) is 5. The topological polar surface area (TPSA) is 81.4 Å². The third kappa shape index (κ3) is 6.84. The molecule has 1 amide bonds. The fourth-order valence-electron chi connectivity index (χ4n) is 1.53. The van der Waals surface area contributed by atoms with Gasteiger partial charge in [-0.1, -0.05) is 29.8 Å². The molecule has 116 valence electrons. The molecular formula is C14H19ClN2O3S. The summed E-state index contributed by atoms with van der Waals surface area (Å²) in [5.41, 5.74) is 6.47. The van der Waals surface area contributed by atoms with Crippen LogP contribution in [-0.4, -0.2) is 36.5 Å². The van der Waals surface area contributed by atoms with Crippen LogP contribution < -0.4 is 11.1 Å². The van der Waals surface area contributed by atoms with Crippen LogP contribution in [0.15, 0.2) is 24.3 Å². The van der Waals surface area contributed by atoms with Gasteiger partial charge in [0.05, 0.1) is 12.9 Å². The highest BCUT2D eigenvalue weighted by Crippen LogP contribution is 2.14. The highest BCUT2D eigenvalue weighted by molar-refractivity contribution is 7.99. The normalized spacial score (nSPS) is 11.8. The van der Waals surface area contributed by atoms with Gasteiger partial charge in [-0.2, -0.15) is 11.8 Å². The first-order chi connectivity index (χ1) is 10.0. The van der Waals surface area contributed by atoms with Crippen LogP contribution in [-0.2, 0) is 20.9 Å². The molecule has 0 spiro atoms. The highest BCUT2D eigenvalue weighted by atomic mass is 35.5. The molecule has 1 aromatic rings. The number of thioether (sulfide) groups is 1. The van der Waals surface area contributed by atoms with Crippen molar-refractivity contribution in [2.45, 2.75) is 19.0 Å². The molecule has 1 aromatic carbocycles. The predicted octanol–water partition coefficient (Wildman–Crippen LogP) is 1.58. The van der Waals surface area contributed by atoms with Gasteiger partial charge >= 0.3 is 5.97 Å². The minimum atomic E-state index is -0.631. The minimum Gasteiger partial charge on any atom is -0.468 e. The summed E-state index contributed by atoms with van der Waals surface area (Å²) in [6, 6.07) is 6.73. The molecule has 1 atom stereocenters. The molecule has 0 saturated carbocycles. The molecule has 0 bridgehead atoms. The Hall–Kier alpha value is -1.24. The van der Waals surface area contributed by atoms with Crippen LogP contribution in [0.5, 0.6) is 0 Å². The number of amides is 1. The SMILES string of the molecule is COC(=O)C(N)CCSCC(=O)NCc1ccccc1Cl. The van der Waals surface area contributed by atoms with Crippen LogP contribution in [0.2, 0.25) is 5.02 Å². The Balaban J connectivity index is 2.17. The second kappa shape index (κ2) is 9.65. The number of nitrogens with two attached hydrogens (primary N) is 1. The van der Waals surface area contributed by atoms with Crippen molar-refractivity contribution in [3.63, 3.8) is 0 Å². The predicted molar refractivity (Wildman–Crippen MR) is 85.2 cm³/mol. The zero-order valence-corrected chi connectivity index (χ0v) is 13.4. The van der Waals surface area contributed by atoms with Crippen molar-refractivity contribution in [2.24, 2.45) is 5.73 Å². The van der Waals surface area contributed by atoms with Crippen molar-refractivity contribution < 1.29 is 14.3 Å². The standard InChI is InChI=1S/C14H19ClN2O3S/c1-20-14(19)12(16)6-7-21-9-13(18)17-8-10-4-2-3-5-11(10)15/h2-5,12H,6-9,16H2,1H3,(H,17,18). The zero-order chi connectivity index (χ0) is 15.7. The molecule has 0 aliphatic rings. The molecule has 1 unspecified atom stereocenters. The first kappa shape index (κ1) is 17.8. The number of esters is 1. The number of halogens is 1.